The molecule has 1 amide bonds. The summed E-state index contributed by atoms with van der Waals surface area (Å²) < 4.78 is 27.8. The van der Waals surface area contributed by atoms with E-state index in [0.717, 1.165) is 11.3 Å². The number of hydrogen-bond donors (Lipinski definition) is 2. The van der Waals surface area contributed by atoms with Crippen LogP contribution in [0.2, 0.25) is 0 Å². The van der Waals surface area contributed by atoms with Crippen LogP contribution in [0, 0.1) is 0 Å². The van der Waals surface area contributed by atoms with Gasteiger partial charge in [0.25, 0.3) is 0 Å². The van der Waals surface area contributed by atoms with Crippen LogP contribution in [0.25, 0.3) is 0 Å². The molecule has 1 aromatic heterocycles. The summed E-state index contributed by atoms with van der Waals surface area (Å²) in [6.07, 6.45) is 2.06. The van der Waals surface area contributed by atoms with Crippen LogP contribution < -0.4 is 10.5 Å². The van der Waals surface area contributed by atoms with E-state index >= 15 is 0 Å². The van der Waals surface area contributed by atoms with E-state index in [9.17, 15) is 13.2 Å². The van der Waals surface area contributed by atoms with Crippen molar-refractivity contribution in [3.05, 3.63) is 47.3 Å². The highest BCUT2D eigenvalue weighted by atomic mass is 32.2. The van der Waals surface area contributed by atoms with Gasteiger partial charge in [0.1, 0.15) is 5.60 Å². The Kier molecular flexibility index (Phi) is 5.76. The summed E-state index contributed by atoms with van der Waals surface area (Å²) in [5.74, 6) is 0.178. The quantitative estimate of drug-likeness (QED) is 0.778. The number of nitrogens with two attached hydrogens (primary N) is 1. The Balaban J connectivity index is 1.69. The average Bonchev–Trinajstić information content (AvgIpc) is 2.60. The Hall–Kier alpha value is -2.72. The fourth-order valence-corrected chi connectivity index (χ4v) is 3.55. The number of benzene rings is 1. The first kappa shape index (κ1) is 21.0. The molecular formula is C19H25N5O4S. The van der Waals surface area contributed by atoms with Crippen molar-refractivity contribution < 1.29 is 17.9 Å². The van der Waals surface area contributed by atoms with E-state index in [-0.39, 0.29) is 11.8 Å². The number of nitrogens with zero attached hydrogens (tertiary/aromatic N) is 3. The minimum atomic E-state index is -3.57. The molecule has 156 valence electrons. The van der Waals surface area contributed by atoms with Crippen LogP contribution in [-0.4, -0.2) is 41.5 Å². The molecule has 1 aliphatic rings. The second-order valence-electron chi connectivity index (χ2n) is 7.95. The normalized spacial score (nSPS) is 14.3. The van der Waals surface area contributed by atoms with Crippen LogP contribution in [0.1, 0.15) is 37.6 Å². The van der Waals surface area contributed by atoms with Gasteiger partial charge in [-0.2, -0.15) is 0 Å². The van der Waals surface area contributed by atoms with Gasteiger partial charge in [-0.3, -0.25) is 0 Å². The van der Waals surface area contributed by atoms with Gasteiger partial charge in [0.2, 0.25) is 16.0 Å². The molecule has 0 saturated carbocycles. The molecule has 2 heterocycles. The summed E-state index contributed by atoms with van der Waals surface area (Å²) in [7, 11) is -3.57. The highest BCUT2D eigenvalue weighted by molar-refractivity contribution is 7.88. The van der Waals surface area contributed by atoms with Crippen LogP contribution in [0.5, 0.6) is 0 Å². The van der Waals surface area contributed by atoms with Gasteiger partial charge < -0.3 is 15.0 Å². The zero-order valence-corrected chi connectivity index (χ0v) is 17.5. The molecule has 29 heavy (non-hydrogen) atoms. The van der Waals surface area contributed by atoms with Gasteiger partial charge in [0, 0.05) is 18.4 Å². The lowest BCUT2D eigenvalue weighted by molar-refractivity contribution is 0.0220. The predicted octanol–water partition coefficient (Wildman–Crippen LogP) is 2.30. The van der Waals surface area contributed by atoms with Crippen LogP contribution in [0.4, 0.5) is 16.4 Å². The van der Waals surface area contributed by atoms with Crippen LogP contribution in [0.3, 0.4) is 0 Å². The number of anilines is 2. The first-order chi connectivity index (χ1) is 13.5. The first-order valence-corrected chi connectivity index (χ1v) is 10.9. The summed E-state index contributed by atoms with van der Waals surface area (Å²) in [6.45, 7) is 6.42. The lowest BCUT2D eigenvalue weighted by Gasteiger charge is -2.30. The summed E-state index contributed by atoms with van der Waals surface area (Å²) in [5, 5.41) is 8.15. The largest absolute Gasteiger partial charge is 0.444 e. The molecule has 0 atom stereocenters. The fourth-order valence-electron chi connectivity index (χ4n) is 2.89. The average molecular weight is 420 g/mol. The van der Waals surface area contributed by atoms with Crippen molar-refractivity contribution in [2.24, 2.45) is 5.14 Å². The van der Waals surface area contributed by atoms with Crippen LogP contribution in [-0.2, 0) is 33.5 Å². The van der Waals surface area contributed by atoms with Crippen molar-refractivity contribution in [1.29, 1.82) is 0 Å². The van der Waals surface area contributed by atoms with Crippen LogP contribution >= 0.6 is 0 Å². The van der Waals surface area contributed by atoms with Crippen molar-refractivity contribution >= 4 is 27.8 Å². The first-order valence-electron chi connectivity index (χ1n) is 9.18. The maximum absolute atomic E-state index is 12.3. The van der Waals surface area contributed by atoms with Crippen molar-refractivity contribution in [1.82, 2.24) is 14.9 Å². The topological polar surface area (TPSA) is 128 Å². The molecule has 0 bridgehead atoms. The minimum Gasteiger partial charge on any atom is -0.444 e. The molecule has 1 aromatic carbocycles. The van der Waals surface area contributed by atoms with Crippen molar-refractivity contribution in [2.75, 3.05) is 11.9 Å². The summed E-state index contributed by atoms with van der Waals surface area (Å²) in [5.41, 5.74) is 2.52. The number of hydrogen-bond acceptors (Lipinski definition) is 7. The van der Waals surface area contributed by atoms with Crippen LogP contribution in [0.15, 0.2) is 30.5 Å². The Labute approximate surface area is 170 Å². The zero-order chi connectivity index (χ0) is 21.2. The third kappa shape index (κ3) is 6.13. The van der Waals surface area contributed by atoms with Gasteiger partial charge in [0.15, 0.2) is 0 Å². The minimum absolute atomic E-state index is 0.219. The molecule has 1 aliphatic heterocycles. The number of primary sulfonamides is 1. The SMILES string of the molecule is CC(C)(C)OC(=O)N1CCc2cnc(Nc3ccc(CS(N)(=O)=O)cc3)nc2C1. The lowest BCUT2D eigenvalue weighted by atomic mass is 10.1. The number of nitrogens with one attached hydrogen (secondary N) is 1. The number of sulfonamides is 1. The Bertz CT molecular complexity index is 1000. The van der Waals surface area contributed by atoms with Gasteiger partial charge in [-0.25, -0.2) is 28.3 Å². The number of rotatable bonds is 4. The van der Waals surface area contributed by atoms with E-state index in [1.165, 1.54) is 0 Å². The smallest absolute Gasteiger partial charge is 0.410 e. The monoisotopic (exact) mass is 419 g/mol. The molecule has 9 nitrogen and oxygen atoms in total. The van der Waals surface area contributed by atoms with Gasteiger partial charge >= 0.3 is 6.09 Å². The number of fused-ring (bicyclic) bond motifs is 1. The van der Waals surface area contributed by atoms with Crippen molar-refractivity contribution in [3.8, 4) is 0 Å². The van der Waals surface area contributed by atoms with E-state index in [1.807, 2.05) is 20.8 Å². The summed E-state index contributed by atoms with van der Waals surface area (Å²) in [6, 6.07) is 6.82. The second-order valence-corrected chi connectivity index (χ2v) is 9.56. The number of carbonyl (C=O) groups excluding carboxylic acids is 1. The molecular weight excluding hydrogens is 394 g/mol. The number of aromatic nitrogens is 2. The maximum Gasteiger partial charge on any atom is 0.410 e. The molecule has 3 N–H and O–H groups in total. The highest BCUT2D eigenvalue weighted by Gasteiger charge is 2.26. The molecule has 0 fully saturated rings. The zero-order valence-electron chi connectivity index (χ0n) is 16.7. The molecule has 0 saturated heterocycles. The summed E-state index contributed by atoms with van der Waals surface area (Å²) >= 11 is 0. The third-order valence-corrected chi connectivity index (χ3v) is 4.91. The lowest BCUT2D eigenvalue weighted by Crippen LogP contribution is -2.40. The number of carbonyl (C=O) groups is 1. The highest BCUT2D eigenvalue weighted by Crippen LogP contribution is 2.22. The molecule has 0 radical (unpaired) electrons. The van der Waals surface area contributed by atoms with E-state index < -0.39 is 15.6 Å². The van der Waals surface area contributed by atoms with Gasteiger partial charge in [-0.15, -0.1) is 0 Å². The molecule has 2 aromatic rings. The van der Waals surface area contributed by atoms with E-state index in [1.54, 1.807) is 35.4 Å². The van der Waals surface area contributed by atoms with E-state index in [4.69, 9.17) is 9.88 Å². The van der Waals surface area contributed by atoms with E-state index in [0.29, 0.717) is 36.7 Å². The molecule has 3 rings (SSSR count). The van der Waals surface area contributed by atoms with Gasteiger partial charge in [-0.05, 0) is 50.5 Å². The number of ether oxygens (including phenoxy) is 1. The third-order valence-electron chi connectivity index (χ3n) is 4.18. The molecule has 0 unspecified atom stereocenters. The Morgan fingerprint density at radius 1 is 1.28 bits per heavy atom. The van der Waals surface area contributed by atoms with Gasteiger partial charge in [-0.1, -0.05) is 12.1 Å². The van der Waals surface area contributed by atoms with Gasteiger partial charge in [0.05, 0.1) is 18.0 Å². The Morgan fingerprint density at radius 3 is 2.59 bits per heavy atom. The molecule has 0 aliphatic carbocycles. The fraction of sp³-hybridized carbons (Fsp3) is 0.421. The Morgan fingerprint density at radius 2 is 1.97 bits per heavy atom. The standard InChI is InChI=1S/C19H25N5O4S/c1-19(2,3)28-18(25)24-9-8-14-10-21-17(23-16(14)11-24)22-15-6-4-13(5-7-15)12-29(20,26)27/h4-7,10H,8-9,11-12H2,1-3H3,(H2,20,26,27)(H,21,22,23). The maximum atomic E-state index is 12.3. The number of amides is 1. The second kappa shape index (κ2) is 7.96. The summed E-state index contributed by atoms with van der Waals surface area (Å²) in [4.78, 5) is 22.8. The molecule has 10 heteroatoms. The predicted molar refractivity (Wildman–Crippen MR) is 109 cm³/mol. The molecule has 0 spiro atoms. The van der Waals surface area contributed by atoms with Crippen molar-refractivity contribution in [3.63, 3.8) is 0 Å². The van der Waals surface area contributed by atoms with Crippen molar-refractivity contribution in [2.45, 2.75) is 45.1 Å². The van der Waals surface area contributed by atoms with E-state index in [2.05, 4.69) is 15.3 Å².